The van der Waals surface area contributed by atoms with Gasteiger partial charge in [0, 0.05) is 30.5 Å². The number of likely N-dealkylation sites (N-methyl/N-ethyl adjacent to an activating group) is 1. The number of nitrogens with one attached hydrogen (secondary N) is 3. The number of aliphatic carboxylic acids is 2. The Balaban J connectivity index is 1.36. The summed E-state index contributed by atoms with van der Waals surface area (Å²) in [6.45, 7) is 2.38. The molecule has 1 fully saturated rings. The van der Waals surface area contributed by atoms with E-state index in [0.717, 1.165) is 16.2 Å². The number of nitrogens with two attached hydrogens (primary N) is 1. The van der Waals surface area contributed by atoms with Crippen LogP contribution in [0.1, 0.15) is 12.6 Å². The first-order valence-electron chi connectivity index (χ1n) is 13.3. The molecule has 2 amide bonds. The van der Waals surface area contributed by atoms with E-state index in [1.165, 1.54) is 18.7 Å². The molecule has 7 N–H and O–H groups in total. The number of hydrogen-bond acceptors (Lipinski definition) is 12. The van der Waals surface area contributed by atoms with Crippen molar-refractivity contribution in [3.63, 3.8) is 0 Å². The Morgan fingerprint density at radius 3 is 2.76 bits per heavy atom. The molecule has 5 rings (SSSR count). The van der Waals surface area contributed by atoms with Crippen LogP contribution in [0.2, 0.25) is 4.34 Å². The first-order valence-corrected chi connectivity index (χ1v) is 15.5. The fourth-order valence-electron chi connectivity index (χ4n) is 4.77. The number of carbonyl (C=O) groups excluding carboxylic acids is 2. The van der Waals surface area contributed by atoms with Crippen LogP contribution in [0.4, 0.5) is 5.13 Å². The number of H-pyrrole nitrogens is 1. The van der Waals surface area contributed by atoms with Crippen LogP contribution in [-0.4, -0.2) is 96.0 Å². The number of carboxylic acid groups (broad SMARTS) is 2. The van der Waals surface area contributed by atoms with E-state index in [4.69, 9.17) is 27.3 Å². The quantitative estimate of drug-likeness (QED) is 0.0594. The van der Waals surface area contributed by atoms with Gasteiger partial charge in [0.2, 0.25) is 6.10 Å². The topological polar surface area (TPSA) is 238 Å². The molecule has 0 aliphatic carbocycles. The lowest BCUT2D eigenvalue weighted by atomic mass is 10.0. The minimum absolute atomic E-state index is 0.00835. The molecule has 238 valence electrons. The maximum Gasteiger partial charge on any atom is 0.352 e. The van der Waals surface area contributed by atoms with Crippen LogP contribution in [0.5, 0.6) is 0 Å². The van der Waals surface area contributed by atoms with E-state index >= 15 is 0 Å². The predicted octanol–water partition coefficient (Wildman–Crippen LogP) is -0.839. The van der Waals surface area contributed by atoms with E-state index in [-0.39, 0.29) is 38.8 Å². The summed E-state index contributed by atoms with van der Waals surface area (Å²) in [4.78, 5) is 75.3. The van der Waals surface area contributed by atoms with Gasteiger partial charge in [0.1, 0.15) is 32.7 Å². The summed E-state index contributed by atoms with van der Waals surface area (Å²) < 4.78 is 3.29. The summed E-state index contributed by atoms with van der Waals surface area (Å²) >= 11 is 8.25. The number of nitrogens with zero attached hydrogens (tertiary/aromatic N) is 5. The summed E-state index contributed by atoms with van der Waals surface area (Å²) in [5.74, 6) is -4.06. The molecule has 2 unspecified atom stereocenters. The van der Waals surface area contributed by atoms with E-state index in [2.05, 4.69) is 25.8 Å². The van der Waals surface area contributed by atoms with E-state index in [1.807, 2.05) is 0 Å². The molecule has 45 heavy (non-hydrogen) atoms. The summed E-state index contributed by atoms with van der Waals surface area (Å²) in [7, 11) is 1.79. The second kappa shape index (κ2) is 12.9. The van der Waals surface area contributed by atoms with Gasteiger partial charge < -0.3 is 36.4 Å². The largest absolute Gasteiger partial charge is 0.478 e. The average Bonchev–Trinajstić information content (AvgIpc) is 3.49. The number of fused-ring (bicyclic) bond motifs is 2. The monoisotopic (exact) mass is 680 g/mol. The van der Waals surface area contributed by atoms with Crippen LogP contribution in [-0.2, 0) is 37.1 Å². The summed E-state index contributed by atoms with van der Waals surface area (Å²) in [6.07, 6.45) is 2.00. The third kappa shape index (κ3) is 6.23. The lowest BCUT2D eigenvalue weighted by Gasteiger charge is -2.49. The van der Waals surface area contributed by atoms with Gasteiger partial charge in [-0.3, -0.25) is 19.1 Å². The number of anilines is 1. The second-order valence-electron chi connectivity index (χ2n) is 9.92. The lowest BCUT2D eigenvalue weighted by Crippen LogP contribution is -2.71. The summed E-state index contributed by atoms with van der Waals surface area (Å²) in [6, 6.07) is 0.618. The molecule has 20 heteroatoms. The van der Waals surface area contributed by atoms with Crippen LogP contribution in [0.15, 0.2) is 39.7 Å². The third-order valence-electron chi connectivity index (χ3n) is 6.96. The highest BCUT2D eigenvalue weighted by Crippen LogP contribution is 2.40. The van der Waals surface area contributed by atoms with Crippen molar-refractivity contribution in [2.75, 3.05) is 25.1 Å². The van der Waals surface area contributed by atoms with Gasteiger partial charge in [-0.15, -0.1) is 11.8 Å². The van der Waals surface area contributed by atoms with Gasteiger partial charge in [-0.25, -0.2) is 19.4 Å². The minimum Gasteiger partial charge on any atom is -0.478 e. The fraction of sp³-hybridized carbons (Fsp3) is 0.360. The highest BCUT2D eigenvalue weighted by Gasteiger charge is 2.55. The molecule has 1 saturated heterocycles. The smallest absolute Gasteiger partial charge is 0.352 e. The number of imidazole rings is 1. The lowest BCUT2D eigenvalue weighted by molar-refractivity contribution is -0.687. The van der Waals surface area contributed by atoms with Gasteiger partial charge in [-0.1, -0.05) is 28.1 Å². The number of thiazole rings is 1. The molecule has 3 aromatic rings. The van der Waals surface area contributed by atoms with Crippen molar-refractivity contribution in [2.45, 2.75) is 37.5 Å². The number of amides is 2. The number of nitrogen functional groups attached to an aromatic ring is 1. The number of oxime groups is 1. The van der Waals surface area contributed by atoms with Crippen molar-refractivity contribution >= 4 is 80.3 Å². The normalized spacial score (nSPS) is 18.9. The van der Waals surface area contributed by atoms with Crippen LogP contribution in [0, 0.1) is 0 Å². The first kappa shape index (κ1) is 31.9. The molecule has 0 saturated carbocycles. The molecule has 3 atom stereocenters. The molecule has 0 radical (unpaired) electrons. The van der Waals surface area contributed by atoms with E-state index < -0.39 is 47.0 Å². The standard InChI is InChI=1S/C25H26ClN9O8S2/c1-10(22(38)39)43-32-15(14-18(26)45-24(27)31-14)19(36)30-16-20(37)35-17(23(40)41)11(9-44-21(16)35)7-33-5-3-13-12(8-33)29-25(42)34(13)6-4-28-2/h3,5,8,10,16,21,28H,4,6-7,9H2,1-2H3,(H5-,27,29,30,31,36,38,39,40,41,42)/p+1/t10-,16?,21?/m0/s1. The van der Waals surface area contributed by atoms with Crippen molar-refractivity contribution in [1.82, 2.24) is 30.1 Å². The van der Waals surface area contributed by atoms with Gasteiger partial charge >= 0.3 is 17.6 Å². The van der Waals surface area contributed by atoms with Crippen LogP contribution in [0.3, 0.4) is 0 Å². The highest BCUT2D eigenvalue weighted by molar-refractivity contribution is 8.00. The Labute approximate surface area is 266 Å². The molecule has 3 aromatic heterocycles. The van der Waals surface area contributed by atoms with E-state index in [9.17, 15) is 29.1 Å². The number of hydrogen-bond donors (Lipinski definition) is 6. The van der Waals surface area contributed by atoms with Gasteiger partial charge in [0.15, 0.2) is 29.8 Å². The Hall–Kier alpha value is -4.46. The van der Waals surface area contributed by atoms with Crippen molar-refractivity contribution < 1.29 is 38.8 Å². The Morgan fingerprint density at radius 1 is 1.36 bits per heavy atom. The molecule has 0 spiro atoms. The molecule has 0 aromatic carbocycles. The number of carboxylic acids is 2. The third-order valence-corrected chi connectivity index (χ3v) is 9.38. The SMILES string of the molecule is CNCCn1c(=O)[nH]c2c[n+](CC3=C(C(=O)O)N4C(=O)C(NC(=O)C(=NO[C@@H](C)C(=O)O)c5nc(N)sc5Cl)C4SC3)ccc21. The number of rotatable bonds is 12. The highest BCUT2D eigenvalue weighted by atomic mass is 35.5. The average molecular weight is 681 g/mol. The maximum absolute atomic E-state index is 13.3. The Kier molecular flexibility index (Phi) is 9.14. The number of thioether (sulfide) groups is 1. The Bertz CT molecular complexity index is 1830. The maximum atomic E-state index is 13.3. The van der Waals surface area contributed by atoms with Gasteiger partial charge in [0.05, 0.1) is 5.52 Å². The van der Waals surface area contributed by atoms with Crippen molar-refractivity contribution in [1.29, 1.82) is 0 Å². The van der Waals surface area contributed by atoms with E-state index in [0.29, 0.717) is 29.7 Å². The van der Waals surface area contributed by atoms with Gasteiger partial charge in [0.25, 0.3) is 11.8 Å². The molecular formula is C25H27ClN9O8S2+. The fourth-order valence-corrected chi connectivity index (χ4v) is 7.03. The molecule has 2 aliphatic heterocycles. The molecule has 2 aliphatic rings. The van der Waals surface area contributed by atoms with Crippen LogP contribution >= 0.6 is 34.7 Å². The van der Waals surface area contributed by atoms with Gasteiger partial charge in [-0.05, 0) is 14.0 Å². The van der Waals surface area contributed by atoms with E-state index in [1.54, 1.807) is 34.6 Å². The Morgan fingerprint density at radius 2 is 2.11 bits per heavy atom. The number of β-lactam (4-membered cyclic amide) rings is 1. The second-order valence-corrected chi connectivity index (χ2v) is 12.7. The van der Waals surface area contributed by atoms with Gasteiger partial charge in [-0.2, -0.15) is 4.57 Å². The van der Waals surface area contributed by atoms with Crippen molar-refractivity contribution in [3.05, 3.63) is 50.2 Å². The number of carbonyl (C=O) groups is 4. The van der Waals surface area contributed by atoms with Crippen molar-refractivity contribution in [2.24, 2.45) is 5.16 Å². The van der Waals surface area contributed by atoms with Crippen molar-refractivity contribution in [3.8, 4) is 0 Å². The van der Waals surface area contributed by atoms with Crippen LogP contribution < -0.4 is 26.6 Å². The molecule has 0 bridgehead atoms. The minimum atomic E-state index is -1.42. The predicted molar refractivity (Wildman–Crippen MR) is 163 cm³/mol. The summed E-state index contributed by atoms with van der Waals surface area (Å²) in [5, 5.41) is 27.6. The molecular weight excluding hydrogens is 654 g/mol. The zero-order chi connectivity index (χ0) is 32.6. The first-order chi connectivity index (χ1) is 21.4. The zero-order valence-electron chi connectivity index (χ0n) is 23.6. The number of aromatic nitrogens is 4. The number of aromatic amines is 1. The molecule has 5 heterocycles. The zero-order valence-corrected chi connectivity index (χ0v) is 26.0. The molecule has 17 nitrogen and oxygen atoms in total. The summed E-state index contributed by atoms with van der Waals surface area (Å²) in [5.41, 5.74) is 6.26. The number of halogens is 1. The number of pyridine rings is 1. The van der Waals surface area contributed by atoms with Crippen LogP contribution in [0.25, 0.3) is 11.0 Å².